The Morgan fingerprint density at radius 2 is 1.94 bits per heavy atom. The Morgan fingerprint density at radius 3 is 2.44 bits per heavy atom. The van der Waals surface area contributed by atoms with Crippen LogP contribution in [0.3, 0.4) is 0 Å². The van der Waals surface area contributed by atoms with Gasteiger partial charge >= 0.3 is 0 Å². The number of rotatable bonds is 6. The van der Waals surface area contributed by atoms with Crippen LogP contribution in [-0.4, -0.2) is 36.7 Å². The highest BCUT2D eigenvalue weighted by Crippen LogP contribution is 2.14. The summed E-state index contributed by atoms with van der Waals surface area (Å²) in [5.74, 6) is 0.119. The van der Waals surface area contributed by atoms with Crippen molar-refractivity contribution in [2.45, 2.75) is 26.4 Å². The Hall–Kier alpha value is -1.13. The summed E-state index contributed by atoms with van der Waals surface area (Å²) in [5.41, 5.74) is 0.758. The maximum Gasteiger partial charge on any atom is 0.127 e. The van der Waals surface area contributed by atoms with E-state index in [0.29, 0.717) is 18.5 Å². The molecule has 3 nitrogen and oxygen atoms in total. The van der Waals surface area contributed by atoms with Gasteiger partial charge in [0.1, 0.15) is 11.6 Å². The number of phenolic OH excluding ortho intramolecular Hbond substituents is 1. The van der Waals surface area contributed by atoms with Crippen molar-refractivity contribution in [1.29, 1.82) is 0 Å². The molecule has 18 heavy (non-hydrogen) atoms. The van der Waals surface area contributed by atoms with Gasteiger partial charge in [-0.15, -0.1) is 0 Å². The van der Waals surface area contributed by atoms with Crippen molar-refractivity contribution in [1.82, 2.24) is 10.2 Å². The molecule has 0 saturated heterocycles. The fourth-order valence-corrected chi connectivity index (χ4v) is 2.11. The normalized spacial score (nSPS) is 13.3. The summed E-state index contributed by atoms with van der Waals surface area (Å²) in [4.78, 5) is 2.18. The first kappa shape index (κ1) is 14.9. The van der Waals surface area contributed by atoms with E-state index >= 15 is 0 Å². The summed E-state index contributed by atoms with van der Waals surface area (Å²) in [6.07, 6.45) is 0. The van der Waals surface area contributed by atoms with Crippen molar-refractivity contribution in [3.8, 4) is 5.75 Å². The van der Waals surface area contributed by atoms with E-state index in [9.17, 15) is 9.50 Å². The first-order chi connectivity index (χ1) is 8.40. The molecule has 0 aromatic heterocycles. The second kappa shape index (κ2) is 6.71. The van der Waals surface area contributed by atoms with Gasteiger partial charge in [0.05, 0.1) is 0 Å². The highest BCUT2D eigenvalue weighted by Gasteiger charge is 2.14. The third-order valence-corrected chi connectivity index (χ3v) is 3.06. The van der Waals surface area contributed by atoms with Crippen LogP contribution in [0.15, 0.2) is 18.2 Å². The SMILES string of the molecule is CC(C)C(CNCc1cc(O)cc(F)c1)N(C)C. The summed E-state index contributed by atoms with van der Waals surface area (Å²) in [7, 11) is 4.11. The number of phenols is 1. The zero-order valence-electron chi connectivity index (χ0n) is 11.6. The molecule has 0 spiro atoms. The van der Waals surface area contributed by atoms with Crippen molar-refractivity contribution in [2.24, 2.45) is 5.92 Å². The summed E-state index contributed by atoms with van der Waals surface area (Å²) >= 11 is 0. The molecule has 0 amide bonds. The Balaban J connectivity index is 2.50. The molecule has 1 rings (SSSR count). The molecule has 0 radical (unpaired) electrons. The van der Waals surface area contributed by atoms with E-state index in [4.69, 9.17) is 0 Å². The van der Waals surface area contributed by atoms with Crippen molar-refractivity contribution in [3.05, 3.63) is 29.6 Å². The van der Waals surface area contributed by atoms with Gasteiger partial charge in [0.15, 0.2) is 0 Å². The Kier molecular flexibility index (Phi) is 5.56. The van der Waals surface area contributed by atoms with Crippen LogP contribution < -0.4 is 5.32 Å². The first-order valence-electron chi connectivity index (χ1n) is 6.25. The molecule has 0 saturated carbocycles. The van der Waals surface area contributed by atoms with Crippen LogP contribution in [0, 0.1) is 11.7 Å². The molecule has 0 fully saturated rings. The second-order valence-corrected chi connectivity index (χ2v) is 5.22. The molecule has 4 heteroatoms. The molecule has 1 aromatic rings. The maximum absolute atomic E-state index is 13.1. The van der Waals surface area contributed by atoms with Crippen molar-refractivity contribution in [3.63, 3.8) is 0 Å². The van der Waals surface area contributed by atoms with Crippen LogP contribution in [-0.2, 0) is 6.54 Å². The average molecular weight is 254 g/mol. The van der Waals surface area contributed by atoms with Crippen molar-refractivity contribution < 1.29 is 9.50 Å². The van der Waals surface area contributed by atoms with E-state index in [1.165, 1.54) is 6.07 Å². The fraction of sp³-hybridized carbons (Fsp3) is 0.571. The number of likely N-dealkylation sites (N-methyl/N-ethyl adjacent to an activating group) is 1. The predicted octanol–water partition coefficient (Wildman–Crippen LogP) is 2.21. The van der Waals surface area contributed by atoms with Gasteiger partial charge in [-0.2, -0.15) is 0 Å². The molecular formula is C14H23FN2O. The molecule has 0 aliphatic rings. The van der Waals surface area contributed by atoms with E-state index < -0.39 is 5.82 Å². The largest absolute Gasteiger partial charge is 0.508 e. The van der Waals surface area contributed by atoms with Gasteiger partial charge in [0.2, 0.25) is 0 Å². The standard InChI is InChI=1S/C14H23FN2O/c1-10(2)14(17(3)4)9-16-8-11-5-12(15)7-13(18)6-11/h5-7,10,14,16,18H,8-9H2,1-4H3. The molecule has 0 bridgehead atoms. The van der Waals surface area contributed by atoms with Crippen LogP contribution in [0.25, 0.3) is 0 Å². The summed E-state index contributed by atoms with van der Waals surface area (Å²) in [6, 6.07) is 4.57. The minimum Gasteiger partial charge on any atom is -0.508 e. The quantitative estimate of drug-likeness (QED) is 0.817. The molecule has 1 atom stereocenters. The number of nitrogens with one attached hydrogen (secondary N) is 1. The van der Waals surface area contributed by atoms with Gasteiger partial charge in [-0.05, 0) is 37.7 Å². The summed E-state index contributed by atoms with van der Waals surface area (Å²) in [5, 5.41) is 12.6. The lowest BCUT2D eigenvalue weighted by molar-refractivity contribution is 0.224. The van der Waals surface area contributed by atoms with Gasteiger partial charge in [-0.3, -0.25) is 0 Å². The number of hydrogen-bond acceptors (Lipinski definition) is 3. The van der Waals surface area contributed by atoms with E-state index in [1.807, 2.05) is 0 Å². The predicted molar refractivity (Wildman–Crippen MR) is 72.1 cm³/mol. The average Bonchev–Trinajstić information content (AvgIpc) is 2.21. The van der Waals surface area contributed by atoms with Crippen LogP contribution in [0.4, 0.5) is 4.39 Å². The monoisotopic (exact) mass is 254 g/mol. The van der Waals surface area contributed by atoms with Crippen molar-refractivity contribution >= 4 is 0 Å². The third kappa shape index (κ3) is 4.63. The van der Waals surface area contributed by atoms with Gasteiger partial charge in [-0.1, -0.05) is 13.8 Å². The highest BCUT2D eigenvalue weighted by molar-refractivity contribution is 5.28. The number of halogens is 1. The van der Waals surface area contributed by atoms with Crippen molar-refractivity contribution in [2.75, 3.05) is 20.6 Å². The molecule has 102 valence electrons. The van der Waals surface area contributed by atoms with E-state index in [-0.39, 0.29) is 5.75 Å². The van der Waals surface area contributed by atoms with Gasteiger partial charge in [0.25, 0.3) is 0 Å². The number of hydrogen-bond donors (Lipinski definition) is 2. The lowest BCUT2D eigenvalue weighted by atomic mass is 10.0. The van der Waals surface area contributed by atoms with Crippen LogP contribution in [0.5, 0.6) is 5.75 Å². The Bertz CT molecular complexity index is 352. The molecule has 1 aromatic carbocycles. The van der Waals surface area contributed by atoms with E-state index in [1.54, 1.807) is 6.07 Å². The zero-order valence-corrected chi connectivity index (χ0v) is 11.6. The second-order valence-electron chi connectivity index (χ2n) is 5.22. The molecular weight excluding hydrogens is 231 g/mol. The number of aromatic hydroxyl groups is 1. The fourth-order valence-electron chi connectivity index (χ4n) is 2.11. The topological polar surface area (TPSA) is 35.5 Å². The van der Waals surface area contributed by atoms with E-state index in [0.717, 1.165) is 18.2 Å². The smallest absolute Gasteiger partial charge is 0.127 e. The Morgan fingerprint density at radius 1 is 1.28 bits per heavy atom. The molecule has 0 aliphatic heterocycles. The minimum atomic E-state index is -0.403. The molecule has 0 aliphatic carbocycles. The molecule has 0 heterocycles. The Labute approximate surface area is 109 Å². The lowest BCUT2D eigenvalue weighted by Gasteiger charge is -2.28. The third-order valence-electron chi connectivity index (χ3n) is 3.06. The zero-order chi connectivity index (χ0) is 13.7. The lowest BCUT2D eigenvalue weighted by Crippen LogP contribution is -2.41. The van der Waals surface area contributed by atoms with Crippen LogP contribution >= 0.6 is 0 Å². The van der Waals surface area contributed by atoms with Gasteiger partial charge in [0, 0.05) is 25.2 Å². The van der Waals surface area contributed by atoms with E-state index in [2.05, 4.69) is 38.2 Å². The molecule has 1 unspecified atom stereocenters. The van der Waals surface area contributed by atoms with Gasteiger partial charge < -0.3 is 15.3 Å². The summed E-state index contributed by atoms with van der Waals surface area (Å²) in [6.45, 7) is 5.76. The highest BCUT2D eigenvalue weighted by atomic mass is 19.1. The minimum absolute atomic E-state index is 0.0279. The number of nitrogens with zero attached hydrogens (tertiary/aromatic N) is 1. The number of benzene rings is 1. The summed E-state index contributed by atoms with van der Waals surface area (Å²) < 4.78 is 13.1. The van der Waals surface area contributed by atoms with Gasteiger partial charge in [-0.25, -0.2) is 4.39 Å². The molecule has 2 N–H and O–H groups in total. The first-order valence-corrected chi connectivity index (χ1v) is 6.25. The maximum atomic E-state index is 13.1. The van der Waals surface area contributed by atoms with Crippen LogP contribution in [0.1, 0.15) is 19.4 Å². The van der Waals surface area contributed by atoms with Crippen LogP contribution in [0.2, 0.25) is 0 Å².